The molecule has 0 heterocycles. The monoisotopic (exact) mass is 415 g/mol. The van der Waals surface area contributed by atoms with E-state index in [0.29, 0.717) is 11.1 Å². The van der Waals surface area contributed by atoms with Crippen molar-refractivity contribution in [2.75, 3.05) is 5.32 Å². The van der Waals surface area contributed by atoms with E-state index in [1.165, 1.54) is 6.92 Å². The summed E-state index contributed by atoms with van der Waals surface area (Å²) < 4.78 is 39.6. The highest BCUT2D eigenvalue weighted by molar-refractivity contribution is 6.30. The number of halogens is 4. The first kappa shape index (κ1) is 21.6. The van der Waals surface area contributed by atoms with Crippen molar-refractivity contribution in [2.45, 2.75) is 32.1 Å². The minimum atomic E-state index is -4.86. The Morgan fingerprint density at radius 1 is 1.14 bits per heavy atom. The highest BCUT2D eigenvalue weighted by Gasteiger charge is 2.36. The maximum atomic E-state index is 13.2. The van der Waals surface area contributed by atoms with Gasteiger partial charge in [-0.3, -0.25) is 20.2 Å². The van der Waals surface area contributed by atoms with Gasteiger partial charge in [-0.15, -0.1) is 0 Å². The summed E-state index contributed by atoms with van der Waals surface area (Å²) in [7, 11) is 0. The van der Waals surface area contributed by atoms with Crippen molar-refractivity contribution < 1.29 is 22.9 Å². The molecule has 1 amide bonds. The number of nitro groups is 1. The van der Waals surface area contributed by atoms with Crippen LogP contribution >= 0.6 is 11.6 Å². The molecule has 2 aromatic carbocycles. The van der Waals surface area contributed by atoms with E-state index in [9.17, 15) is 28.1 Å². The number of benzene rings is 2. The third-order valence-electron chi connectivity index (χ3n) is 4.04. The third kappa shape index (κ3) is 5.43. The third-order valence-corrected chi connectivity index (χ3v) is 4.29. The Hall–Kier alpha value is -2.65. The van der Waals surface area contributed by atoms with Crippen molar-refractivity contribution in [2.24, 2.45) is 0 Å². The van der Waals surface area contributed by atoms with Gasteiger partial charge in [0, 0.05) is 23.2 Å². The van der Waals surface area contributed by atoms with E-state index >= 15 is 0 Å². The highest BCUT2D eigenvalue weighted by Crippen LogP contribution is 2.37. The fourth-order valence-electron chi connectivity index (χ4n) is 2.53. The lowest BCUT2D eigenvalue weighted by Crippen LogP contribution is -2.39. The molecule has 0 spiro atoms. The number of carbonyl (C=O) groups is 1. The van der Waals surface area contributed by atoms with Crippen molar-refractivity contribution in [3.8, 4) is 0 Å². The van der Waals surface area contributed by atoms with Crippen LogP contribution in [-0.4, -0.2) is 16.9 Å². The van der Waals surface area contributed by atoms with Crippen LogP contribution in [0.15, 0.2) is 42.5 Å². The Bertz CT molecular complexity index is 873. The molecule has 0 aliphatic heterocycles. The fraction of sp³-hybridized carbons (Fsp3) is 0.278. The normalized spacial score (nSPS) is 13.6. The lowest BCUT2D eigenvalue weighted by molar-refractivity contribution is -0.385. The number of hydrogen-bond donors (Lipinski definition) is 2. The predicted molar refractivity (Wildman–Crippen MR) is 99.2 cm³/mol. The minimum Gasteiger partial charge on any atom is -0.324 e. The van der Waals surface area contributed by atoms with Gasteiger partial charge in [-0.2, -0.15) is 13.2 Å². The highest BCUT2D eigenvalue weighted by atomic mass is 35.5. The molecule has 0 saturated carbocycles. The first-order valence-electron chi connectivity index (χ1n) is 8.17. The lowest BCUT2D eigenvalue weighted by Gasteiger charge is -2.21. The number of carbonyl (C=O) groups excluding carboxylic acids is 1. The molecule has 0 unspecified atom stereocenters. The summed E-state index contributed by atoms with van der Waals surface area (Å²) in [4.78, 5) is 22.1. The van der Waals surface area contributed by atoms with Crippen molar-refractivity contribution in [1.29, 1.82) is 0 Å². The van der Waals surface area contributed by atoms with Crippen molar-refractivity contribution in [1.82, 2.24) is 5.32 Å². The summed E-state index contributed by atoms with van der Waals surface area (Å²) >= 11 is 5.83. The topological polar surface area (TPSA) is 84.3 Å². The van der Waals surface area contributed by atoms with Gasteiger partial charge in [0.15, 0.2) is 0 Å². The second-order valence-corrected chi connectivity index (χ2v) is 6.57. The Morgan fingerprint density at radius 3 is 2.29 bits per heavy atom. The van der Waals surface area contributed by atoms with E-state index < -0.39 is 40.0 Å². The van der Waals surface area contributed by atoms with Crippen molar-refractivity contribution in [3.63, 3.8) is 0 Å². The Balaban J connectivity index is 2.15. The molecule has 6 nitrogen and oxygen atoms in total. The van der Waals surface area contributed by atoms with Gasteiger partial charge >= 0.3 is 6.18 Å². The molecule has 28 heavy (non-hydrogen) atoms. The van der Waals surface area contributed by atoms with Gasteiger partial charge in [0.25, 0.3) is 5.69 Å². The summed E-state index contributed by atoms with van der Waals surface area (Å²) in [5.41, 5.74) is -1.70. The van der Waals surface area contributed by atoms with Crippen LogP contribution in [0.1, 0.15) is 31.0 Å². The van der Waals surface area contributed by atoms with Gasteiger partial charge < -0.3 is 5.32 Å². The fourth-order valence-corrected chi connectivity index (χ4v) is 2.65. The number of nitro benzene ring substituents is 1. The molecule has 0 aromatic heterocycles. The second-order valence-electron chi connectivity index (χ2n) is 6.14. The van der Waals surface area contributed by atoms with Gasteiger partial charge in [-0.1, -0.05) is 23.7 Å². The smallest absolute Gasteiger partial charge is 0.324 e. The molecule has 0 saturated heterocycles. The first-order chi connectivity index (χ1) is 13.0. The molecular formula is C18H17ClF3N3O3. The number of rotatable bonds is 6. The van der Waals surface area contributed by atoms with E-state index in [1.54, 1.807) is 31.2 Å². The molecule has 0 radical (unpaired) electrons. The number of nitrogens with zero attached hydrogens (tertiary/aromatic N) is 1. The van der Waals surface area contributed by atoms with Gasteiger partial charge in [0.1, 0.15) is 0 Å². The quantitative estimate of drug-likeness (QED) is 0.516. The average Bonchev–Trinajstić information content (AvgIpc) is 2.61. The molecule has 0 fully saturated rings. The van der Waals surface area contributed by atoms with E-state index in [-0.39, 0.29) is 6.04 Å². The molecule has 2 atom stereocenters. The molecule has 2 rings (SSSR count). The molecular weight excluding hydrogens is 399 g/mol. The number of alkyl halides is 3. The van der Waals surface area contributed by atoms with Crippen LogP contribution in [0, 0.1) is 10.1 Å². The van der Waals surface area contributed by atoms with Crippen LogP contribution < -0.4 is 10.6 Å². The van der Waals surface area contributed by atoms with Gasteiger partial charge in [0.2, 0.25) is 5.91 Å². The molecule has 150 valence electrons. The predicted octanol–water partition coefficient (Wildman–Crippen LogP) is 4.94. The minimum absolute atomic E-state index is 0.267. The zero-order valence-corrected chi connectivity index (χ0v) is 15.6. The second kappa shape index (κ2) is 8.57. The zero-order valence-electron chi connectivity index (χ0n) is 14.9. The van der Waals surface area contributed by atoms with Gasteiger partial charge in [-0.25, -0.2) is 0 Å². The zero-order chi connectivity index (χ0) is 21.1. The van der Waals surface area contributed by atoms with E-state index in [2.05, 4.69) is 10.6 Å². The number of nitrogens with one attached hydrogen (secondary N) is 2. The number of anilines is 1. The van der Waals surface area contributed by atoms with Crippen molar-refractivity contribution in [3.05, 3.63) is 68.7 Å². The van der Waals surface area contributed by atoms with Crippen LogP contribution in [-0.2, 0) is 11.0 Å². The molecule has 0 aliphatic rings. The average molecular weight is 416 g/mol. The summed E-state index contributed by atoms with van der Waals surface area (Å²) in [6, 6.07) is 7.97. The Kier molecular flexibility index (Phi) is 6.63. The van der Waals surface area contributed by atoms with Crippen LogP contribution in [0.25, 0.3) is 0 Å². The summed E-state index contributed by atoms with van der Waals surface area (Å²) in [6.45, 7) is 3.29. The molecule has 10 heteroatoms. The van der Waals surface area contributed by atoms with Crippen LogP contribution in [0.4, 0.5) is 24.5 Å². The Labute approximate surface area is 163 Å². The van der Waals surface area contributed by atoms with Gasteiger partial charge in [0.05, 0.1) is 22.2 Å². The van der Waals surface area contributed by atoms with Crippen molar-refractivity contribution >= 4 is 28.9 Å². The summed E-state index contributed by atoms with van der Waals surface area (Å²) in [5.74, 6) is -0.708. The maximum Gasteiger partial charge on any atom is 0.418 e. The maximum absolute atomic E-state index is 13.2. The SMILES string of the molecule is C[C@H](N[C@@H](C)c1ccc(Cl)cc1)C(=O)Nc1ccc([N+](=O)[O-])cc1C(F)(F)F. The largest absolute Gasteiger partial charge is 0.418 e. The summed E-state index contributed by atoms with van der Waals surface area (Å²) in [5, 5.41) is 16.4. The Morgan fingerprint density at radius 2 is 1.75 bits per heavy atom. The van der Waals surface area contributed by atoms with E-state index in [4.69, 9.17) is 11.6 Å². The number of amides is 1. The van der Waals surface area contributed by atoms with Gasteiger partial charge in [-0.05, 0) is 37.6 Å². The van der Waals surface area contributed by atoms with Crippen LogP contribution in [0.2, 0.25) is 5.02 Å². The van der Waals surface area contributed by atoms with Crippen LogP contribution in [0.3, 0.4) is 0 Å². The number of non-ortho nitro benzene ring substituents is 1. The van der Waals surface area contributed by atoms with E-state index in [1.807, 2.05) is 0 Å². The summed E-state index contributed by atoms with van der Waals surface area (Å²) in [6.07, 6.45) is -4.86. The lowest BCUT2D eigenvalue weighted by atomic mass is 10.1. The molecule has 2 N–H and O–H groups in total. The van der Waals surface area contributed by atoms with E-state index in [0.717, 1.165) is 17.7 Å². The molecule has 0 aliphatic carbocycles. The number of hydrogen-bond acceptors (Lipinski definition) is 4. The standard InChI is InChI=1S/C18H17ClF3N3O3/c1-10(12-3-5-13(19)6-4-12)23-11(2)17(26)24-16-8-7-14(25(27)28)9-15(16)18(20,21)22/h3-11,23H,1-2H3,(H,24,26)/t10-,11-/m0/s1. The molecule has 2 aromatic rings. The first-order valence-corrected chi connectivity index (χ1v) is 8.55. The van der Waals surface area contributed by atoms with Crippen LogP contribution in [0.5, 0.6) is 0 Å². The molecule has 0 bridgehead atoms.